The van der Waals surface area contributed by atoms with E-state index in [2.05, 4.69) is 9.97 Å². The van der Waals surface area contributed by atoms with Crippen LogP contribution in [-0.2, 0) is 20.9 Å². The maximum atomic E-state index is 12.2. The third-order valence-electron chi connectivity index (χ3n) is 5.96. The Labute approximate surface area is 162 Å². The smallest absolute Gasteiger partial charge is 0.342 e. The highest BCUT2D eigenvalue weighted by Gasteiger charge is 2.40. The van der Waals surface area contributed by atoms with Crippen LogP contribution in [-0.4, -0.2) is 28.5 Å². The Kier molecular flexibility index (Phi) is 4.95. The molecule has 2 fully saturated rings. The summed E-state index contributed by atoms with van der Waals surface area (Å²) >= 11 is 0. The highest BCUT2D eigenvalue weighted by Crippen LogP contribution is 2.49. The van der Waals surface area contributed by atoms with Gasteiger partial charge in [-0.25, -0.2) is 9.78 Å². The molecule has 2 bridgehead atoms. The van der Waals surface area contributed by atoms with Crippen molar-refractivity contribution in [3.8, 4) is 0 Å². The van der Waals surface area contributed by atoms with Crippen LogP contribution in [0.1, 0.15) is 61.0 Å². The average Bonchev–Trinajstić information content (AvgIpc) is 3.33. The zero-order valence-electron chi connectivity index (χ0n) is 16.2. The van der Waals surface area contributed by atoms with E-state index < -0.39 is 5.97 Å². The van der Waals surface area contributed by atoms with Crippen LogP contribution < -0.4 is 5.73 Å². The number of carbonyl (C=O) groups is 2. The number of nitrogen functional groups attached to an aromatic ring is 1. The molecule has 8 heteroatoms. The van der Waals surface area contributed by atoms with Crippen molar-refractivity contribution in [2.45, 2.75) is 52.6 Å². The summed E-state index contributed by atoms with van der Waals surface area (Å²) in [6.07, 6.45) is 5.39. The Bertz CT molecular complexity index is 922. The molecule has 0 saturated heterocycles. The van der Waals surface area contributed by atoms with Gasteiger partial charge in [0, 0.05) is 6.42 Å². The van der Waals surface area contributed by atoms with Crippen LogP contribution in [0, 0.1) is 24.7 Å². The first-order valence-electron chi connectivity index (χ1n) is 9.84. The Morgan fingerprint density at radius 3 is 2.71 bits per heavy atom. The van der Waals surface area contributed by atoms with Crippen LogP contribution in [0.3, 0.4) is 0 Å². The summed E-state index contributed by atoms with van der Waals surface area (Å²) in [4.78, 5) is 32.8. The van der Waals surface area contributed by atoms with Gasteiger partial charge in [-0.2, -0.15) is 4.98 Å². The summed E-state index contributed by atoms with van der Waals surface area (Å²) in [7, 11) is 0. The van der Waals surface area contributed by atoms with E-state index in [4.69, 9.17) is 19.6 Å². The van der Waals surface area contributed by atoms with Gasteiger partial charge in [-0.3, -0.25) is 4.79 Å². The number of ether oxygens (including phenoxy) is 2. The number of esters is 2. The lowest BCUT2D eigenvalue weighted by Gasteiger charge is -2.20. The van der Waals surface area contributed by atoms with Gasteiger partial charge < -0.3 is 19.6 Å². The fourth-order valence-electron chi connectivity index (χ4n) is 4.74. The van der Waals surface area contributed by atoms with Gasteiger partial charge in [0.25, 0.3) is 0 Å². The molecule has 0 unspecified atom stereocenters. The second kappa shape index (κ2) is 7.41. The Morgan fingerprint density at radius 2 is 2.04 bits per heavy atom. The van der Waals surface area contributed by atoms with E-state index in [9.17, 15) is 9.59 Å². The molecule has 0 spiro atoms. The van der Waals surface area contributed by atoms with Crippen molar-refractivity contribution in [1.29, 1.82) is 0 Å². The number of hydrogen-bond acceptors (Lipinski definition) is 8. The molecular weight excluding hydrogens is 362 g/mol. The molecule has 2 aliphatic rings. The van der Waals surface area contributed by atoms with E-state index in [0.717, 1.165) is 12.3 Å². The van der Waals surface area contributed by atoms with Crippen molar-refractivity contribution >= 4 is 28.9 Å². The summed E-state index contributed by atoms with van der Waals surface area (Å²) in [5.41, 5.74) is 6.44. The number of rotatable bonds is 6. The zero-order chi connectivity index (χ0) is 19.8. The van der Waals surface area contributed by atoms with Crippen molar-refractivity contribution in [2.24, 2.45) is 17.8 Å². The van der Waals surface area contributed by atoms with Gasteiger partial charge in [-0.15, -0.1) is 0 Å². The number of furan rings is 1. The van der Waals surface area contributed by atoms with Gasteiger partial charge in [-0.1, -0.05) is 6.42 Å². The summed E-state index contributed by atoms with van der Waals surface area (Å²) < 4.78 is 16.0. The van der Waals surface area contributed by atoms with Gasteiger partial charge in [0.15, 0.2) is 12.4 Å². The molecule has 8 nitrogen and oxygen atoms in total. The van der Waals surface area contributed by atoms with E-state index in [-0.39, 0.29) is 42.1 Å². The summed E-state index contributed by atoms with van der Waals surface area (Å²) in [5.74, 6) is 1.86. The van der Waals surface area contributed by atoms with E-state index in [1.54, 1.807) is 13.8 Å². The number of nitrogens with zero attached hydrogens (tertiary/aromatic N) is 2. The molecule has 150 valence electrons. The Balaban J connectivity index is 1.44. The lowest BCUT2D eigenvalue weighted by atomic mass is 9.86. The van der Waals surface area contributed by atoms with Crippen LogP contribution in [0.2, 0.25) is 0 Å². The quantitative estimate of drug-likeness (QED) is 0.751. The second-order valence-corrected chi connectivity index (χ2v) is 7.76. The van der Waals surface area contributed by atoms with Gasteiger partial charge in [-0.05, 0) is 50.9 Å². The first-order valence-corrected chi connectivity index (χ1v) is 9.84. The van der Waals surface area contributed by atoms with Crippen molar-refractivity contribution in [3.63, 3.8) is 0 Å². The molecule has 4 rings (SSSR count). The second-order valence-electron chi connectivity index (χ2n) is 7.76. The lowest BCUT2D eigenvalue weighted by molar-refractivity contribution is -0.146. The summed E-state index contributed by atoms with van der Waals surface area (Å²) in [6.45, 7) is 3.53. The van der Waals surface area contributed by atoms with Crippen molar-refractivity contribution < 1.29 is 23.5 Å². The number of aromatic nitrogens is 2. The standard InChI is InChI=1S/C20H25N3O5/c1-3-26-20(25)16-10(2)28-19-17(16)18(21)22-14(23-19)9-27-15(24)8-13-7-11-4-5-12(13)6-11/h11-13H,3-9H2,1-2H3,(H2,21,22,23)/t11-,12-,13-/m0/s1. The molecule has 0 aromatic carbocycles. The third kappa shape index (κ3) is 3.43. The number of anilines is 1. The molecule has 0 aliphatic heterocycles. The minimum atomic E-state index is -0.529. The molecule has 28 heavy (non-hydrogen) atoms. The first kappa shape index (κ1) is 18.7. The van der Waals surface area contributed by atoms with Crippen LogP contribution >= 0.6 is 0 Å². The minimum absolute atomic E-state index is 0.0751. The fourth-order valence-corrected chi connectivity index (χ4v) is 4.74. The number of hydrogen-bond donors (Lipinski definition) is 1. The largest absolute Gasteiger partial charge is 0.462 e. The predicted octanol–water partition coefficient (Wildman–Crippen LogP) is 3.16. The number of carbonyl (C=O) groups excluding carboxylic acids is 2. The molecule has 3 atom stereocenters. The summed E-state index contributed by atoms with van der Waals surface area (Å²) in [5, 5.41) is 0.327. The van der Waals surface area contributed by atoms with Gasteiger partial charge in [0.1, 0.15) is 17.1 Å². The third-order valence-corrected chi connectivity index (χ3v) is 5.96. The zero-order valence-corrected chi connectivity index (χ0v) is 16.2. The van der Waals surface area contributed by atoms with Crippen molar-refractivity contribution in [1.82, 2.24) is 9.97 Å². The Hall–Kier alpha value is -2.64. The SMILES string of the molecule is CCOC(=O)c1c(C)oc2nc(COC(=O)C[C@@H]3C[C@H]4CC[C@H]3C4)nc(N)c12. The van der Waals surface area contributed by atoms with Gasteiger partial charge >= 0.3 is 11.9 Å². The number of nitrogens with two attached hydrogens (primary N) is 1. The molecule has 2 N–H and O–H groups in total. The first-order chi connectivity index (χ1) is 13.5. The number of fused-ring (bicyclic) bond motifs is 3. The van der Waals surface area contributed by atoms with E-state index in [1.165, 1.54) is 19.3 Å². The Morgan fingerprint density at radius 1 is 1.21 bits per heavy atom. The average molecular weight is 387 g/mol. The van der Waals surface area contributed by atoms with Gasteiger partial charge in [0.2, 0.25) is 5.71 Å². The molecule has 2 saturated carbocycles. The lowest BCUT2D eigenvalue weighted by Crippen LogP contribution is -2.17. The van der Waals surface area contributed by atoms with Crippen LogP contribution in [0.4, 0.5) is 5.82 Å². The fraction of sp³-hybridized carbons (Fsp3) is 0.600. The van der Waals surface area contributed by atoms with Crippen molar-refractivity contribution in [2.75, 3.05) is 12.3 Å². The molecular formula is C20H25N3O5. The maximum absolute atomic E-state index is 12.2. The molecule has 2 aromatic rings. The molecule has 2 aliphatic carbocycles. The van der Waals surface area contributed by atoms with E-state index in [1.807, 2.05) is 0 Å². The topological polar surface area (TPSA) is 118 Å². The monoisotopic (exact) mass is 387 g/mol. The molecule has 0 radical (unpaired) electrons. The van der Waals surface area contributed by atoms with Crippen LogP contribution in [0.15, 0.2) is 4.42 Å². The molecule has 0 amide bonds. The number of aryl methyl sites for hydroxylation is 1. The summed E-state index contributed by atoms with van der Waals surface area (Å²) in [6, 6.07) is 0. The van der Waals surface area contributed by atoms with Crippen LogP contribution in [0.5, 0.6) is 0 Å². The van der Waals surface area contributed by atoms with Gasteiger partial charge in [0.05, 0.1) is 12.0 Å². The van der Waals surface area contributed by atoms with E-state index in [0.29, 0.717) is 29.4 Å². The maximum Gasteiger partial charge on any atom is 0.342 e. The van der Waals surface area contributed by atoms with Crippen LogP contribution in [0.25, 0.3) is 11.1 Å². The molecule has 2 heterocycles. The normalized spacial score (nSPS) is 23.3. The predicted molar refractivity (Wildman–Crippen MR) is 100 cm³/mol. The highest BCUT2D eigenvalue weighted by molar-refractivity contribution is 6.07. The van der Waals surface area contributed by atoms with Crippen molar-refractivity contribution in [3.05, 3.63) is 17.1 Å². The molecule has 2 aromatic heterocycles. The minimum Gasteiger partial charge on any atom is -0.462 e. The highest BCUT2D eigenvalue weighted by atomic mass is 16.5. The van der Waals surface area contributed by atoms with E-state index >= 15 is 0 Å².